The van der Waals surface area contributed by atoms with E-state index >= 15 is 0 Å². The summed E-state index contributed by atoms with van der Waals surface area (Å²) in [7, 11) is 0. The van der Waals surface area contributed by atoms with E-state index in [1.165, 1.54) is 0 Å². The average Bonchev–Trinajstić information content (AvgIpc) is 3.33. The molecule has 1 aromatic carbocycles. The number of amides is 1. The molecule has 4 aromatic rings. The minimum Gasteiger partial charge on any atom is -0.366 e. The molecule has 3 aromatic heterocycles. The van der Waals surface area contributed by atoms with Crippen molar-refractivity contribution in [3.63, 3.8) is 0 Å². The third-order valence-electron chi connectivity index (χ3n) is 5.08. The third-order valence-corrected chi connectivity index (χ3v) is 5.08. The Bertz CT molecular complexity index is 1090. The molecule has 1 aliphatic rings. The van der Waals surface area contributed by atoms with E-state index in [1.807, 2.05) is 41.0 Å². The molecule has 3 N–H and O–H groups in total. The first-order valence-corrected chi connectivity index (χ1v) is 8.84. The second-order valence-corrected chi connectivity index (χ2v) is 6.66. The molecule has 7 nitrogen and oxygen atoms in total. The maximum Gasteiger partial charge on any atom is 0.248 e. The number of nitrogens with zero attached hydrogens (tertiary/aromatic N) is 4. The van der Waals surface area contributed by atoms with Crippen LogP contribution in [-0.4, -0.2) is 32.0 Å². The van der Waals surface area contributed by atoms with Gasteiger partial charge in [-0.05, 0) is 42.5 Å². The lowest BCUT2D eigenvalue weighted by atomic mass is 9.98. The first kappa shape index (κ1) is 15.6. The van der Waals surface area contributed by atoms with E-state index in [4.69, 9.17) is 10.8 Å². The van der Waals surface area contributed by atoms with Gasteiger partial charge < -0.3 is 15.6 Å². The monoisotopic (exact) mass is 358 g/mol. The number of carbonyl (C=O) groups is 1. The number of nitrogens with two attached hydrogens (primary N) is 1. The van der Waals surface area contributed by atoms with Gasteiger partial charge in [0.1, 0.15) is 6.04 Å². The Morgan fingerprint density at radius 2 is 2.04 bits per heavy atom. The molecule has 0 radical (unpaired) electrons. The smallest absolute Gasteiger partial charge is 0.248 e. The summed E-state index contributed by atoms with van der Waals surface area (Å²) >= 11 is 0. The summed E-state index contributed by atoms with van der Waals surface area (Å²) in [5.74, 6) is -0.424. The second-order valence-electron chi connectivity index (χ2n) is 6.66. The molecule has 0 aliphatic carbocycles. The quantitative estimate of drug-likeness (QED) is 0.588. The number of fused-ring (bicyclic) bond motifs is 2. The topological polar surface area (TPSA) is 92.3 Å². The SMILES string of the molecule is NC(=O)c1ccc(N2CCc3[nH]cnc3C2c2cc3ccccn3n2)cc1. The Labute approximate surface area is 155 Å². The van der Waals surface area contributed by atoms with Crippen LogP contribution in [0.3, 0.4) is 0 Å². The number of hydrogen-bond donors (Lipinski definition) is 2. The Morgan fingerprint density at radius 1 is 1.19 bits per heavy atom. The molecule has 27 heavy (non-hydrogen) atoms. The van der Waals surface area contributed by atoms with Crippen LogP contribution in [0.2, 0.25) is 0 Å². The Hall–Kier alpha value is -3.61. The zero-order chi connectivity index (χ0) is 18.4. The molecule has 7 heteroatoms. The molecule has 1 unspecified atom stereocenters. The molecule has 1 atom stereocenters. The molecule has 4 heterocycles. The van der Waals surface area contributed by atoms with Gasteiger partial charge in [-0.1, -0.05) is 6.07 Å². The lowest BCUT2D eigenvalue weighted by molar-refractivity contribution is 0.100. The van der Waals surface area contributed by atoms with Crippen molar-refractivity contribution in [3.05, 3.63) is 83.7 Å². The number of rotatable bonds is 3. The van der Waals surface area contributed by atoms with Gasteiger partial charge in [0.25, 0.3) is 0 Å². The van der Waals surface area contributed by atoms with E-state index in [9.17, 15) is 4.79 Å². The van der Waals surface area contributed by atoms with Gasteiger partial charge in [-0.2, -0.15) is 5.10 Å². The van der Waals surface area contributed by atoms with Gasteiger partial charge >= 0.3 is 0 Å². The fraction of sp³-hybridized carbons (Fsp3) is 0.150. The molecule has 0 saturated heterocycles. The van der Waals surface area contributed by atoms with Crippen LogP contribution in [-0.2, 0) is 6.42 Å². The summed E-state index contributed by atoms with van der Waals surface area (Å²) in [6.45, 7) is 0.823. The molecule has 0 fully saturated rings. The van der Waals surface area contributed by atoms with Crippen molar-refractivity contribution >= 4 is 17.1 Å². The fourth-order valence-corrected chi connectivity index (χ4v) is 3.76. The van der Waals surface area contributed by atoms with E-state index in [0.717, 1.165) is 41.3 Å². The van der Waals surface area contributed by atoms with Crippen LogP contribution >= 0.6 is 0 Å². The molecule has 1 aliphatic heterocycles. The molecule has 0 bridgehead atoms. The number of imidazole rings is 1. The number of pyridine rings is 1. The molecule has 134 valence electrons. The number of benzene rings is 1. The standard InChI is InChI=1S/C20H18N6O/c21-20(27)13-4-6-14(7-5-13)25-10-8-16-18(23-12-22-16)19(25)17-11-15-3-1-2-9-26(15)24-17/h1-7,9,11-12,19H,8,10H2,(H2,21,27)(H,22,23). The van der Waals surface area contributed by atoms with E-state index < -0.39 is 5.91 Å². The van der Waals surface area contributed by atoms with Gasteiger partial charge in [-0.15, -0.1) is 0 Å². The van der Waals surface area contributed by atoms with Crippen molar-refractivity contribution in [1.29, 1.82) is 0 Å². The first-order valence-electron chi connectivity index (χ1n) is 8.84. The highest BCUT2D eigenvalue weighted by molar-refractivity contribution is 5.93. The molecule has 0 spiro atoms. The normalized spacial score (nSPS) is 16.4. The summed E-state index contributed by atoms with van der Waals surface area (Å²) in [5, 5.41) is 4.78. The van der Waals surface area contributed by atoms with Gasteiger partial charge in [0.2, 0.25) is 5.91 Å². The van der Waals surface area contributed by atoms with Gasteiger partial charge in [0.05, 0.1) is 23.2 Å². The summed E-state index contributed by atoms with van der Waals surface area (Å²) in [6.07, 6.45) is 4.56. The molecule has 1 amide bonds. The predicted molar refractivity (Wildman–Crippen MR) is 102 cm³/mol. The zero-order valence-electron chi connectivity index (χ0n) is 14.5. The summed E-state index contributed by atoms with van der Waals surface area (Å²) in [4.78, 5) is 21.5. The van der Waals surface area contributed by atoms with Crippen LogP contribution in [0.4, 0.5) is 5.69 Å². The number of hydrogen-bond acceptors (Lipinski definition) is 4. The highest BCUT2D eigenvalue weighted by atomic mass is 16.1. The largest absolute Gasteiger partial charge is 0.366 e. The van der Waals surface area contributed by atoms with Crippen molar-refractivity contribution in [3.8, 4) is 0 Å². The second kappa shape index (κ2) is 5.98. The highest BCUT2D eigenvalue weighted by Gasteiger charge is 2.33. The molecule has 5 rings (SSSR count). The van der Waals surface area contributed by atoms with Crippen molar-refractivity contribution in [2.75, 3.05) is 11.4 Å². The molecular weight excluding hydrogens is 340 g/mol. The van der Waals surface area contributed by atoms with Crippen LogP contribution < -0.4 is 10.6 Å². The van der Waals surface area contributed by atoms with Crippen molar-refractivity contribution in [2.24, 2.45) is 5.73 Å². The lowest BCUT2D eigenvalue weighted by Gasteiger charge is -2.35. The molecular formula is C20H18N6O. The van der Waals surface area contributed by atoms with Crippen LogP contribution in [0.1, 0.15) is 33.5 Å². The number of aromatic nitrogens is 4. The Morgan fingerprint density at radius 3 is 2.81 bits per heavy atom. The van der Waals surface area contributed by atoms with Crippen LogP contribution in [0, 0.1) is 0 Å². The van der Waals surface area contributed by atoms with E-state index in [0.29, 0.717) is 5.56 Å². The number of aromatic amines is 1. The van der Waals surface area contributed by atoms with Gasteiger partial charge in [-0.3, -0.25) is 4.79 Å². The molecule has 0 saturated carbocycles. The maximum atomic E-state index is 11.4. The van der Waals surface area contributed by atoms with Gasteiger partial charge in [0, 0.05) is 36.1 Å². The van der Waals surface area contributed by atoms with Crippen LogP contribution in [0.15, 0.2) is 61.1 Å². The first-order chi connectivity index (χ1) is 13.2. The lowest BCUT2D eigenvalue weighted by Crippen LogP contribution is -2.36. The number of carbonyl (C=O) groups excluding carboxylic acids is 1. The van der Waals surface area contributed by atoms with Gasteiger partial charge in [-0.25, -0.2) is 9.50 Å². The number of anilines is 1. The minimum absolute atomic E-state index is 0.0978. The zero-order valence-corrected chi connectivity index (χ0v) is 14.5. The summed E-state index contributed by atoms with van der Waals surface area (Å²) < 4.78 is 1.88. The van der Waals surface area contributed by atoms with Crippen molar-refractivity contribution < 1.29 is 4.79 Å². The number of H-pyrrole nitrogens is 1. The summed E-state index contributed by atoms with van der Waals surface area (Å²) in [5.41, 5.74) is 11.0. The average molecular weight is 358 g/mol. The Kier molecular flexibility index (Phi) is 3.46. The highest BCUT2D eigenvalue weighted by Crippen LogP contribution is 2.36. The predicted octanol–water partition coefficient (Wildman–Crippen LogP) is 2.31. The van der Waals surface area contributed by atoms with Crippen molar-refractivity contribution in [1.82, 2.24) is 19.6 Å². The number of nitrogens with one attached hydrogen (secondary N) is 1. The van der Waals surface area contributed by atoms with Crippen LogP contribution in [0.25, 0.3) is 5.52 Å². The van der Waals surface area contributed by atoms with Gasteiger partial charge in [0.15, 0.2) is 0 Å². The van der Waals surface area contributed by atoms with Crippen molar-refractivity contribution in [2.45, 2.75) is 12.5 Å². The number of primary amides is 1. The van der Waals surface area contributed by atoms with Crippen LogP contribution in [0.5, 0.6) is 0 Å². The fourth-order valence-electron chi connectivity index (χ4n) is 3.76. The van der Waals surface area contributed by atoms with E-state index in [1.54, 1.807) is 18.5 Å². The summed E-state index contributed by atoms with van der Waals surface area (Å²) in [6, 6.07) is 15.4. The minimum atomic E-state index is -0.424. The third kappa shape index (κ3) is 2.55. The Balaban J connectivity index is 1.62. The maximum absolute atomic E-state index is 11.4. The van der Waals surface area contributed by atoms with E-state index in [-0.39, 0.29) is 6.04 Å². The van der Waals surface area contributed by atoms with E-state index in [2.05, 4.69) is 20.9 Å².